The summed E-state index contributed by atoms with van der Waals surface area (Å²) in [6, 6.07) is 9.69. The van der Waals surface area contributed by atoms with E-state index in [-0.39, 0.29) is 36.4 Å². The molecule has 4 aliphatic rings. The molecule has 4 aliphatic heterocycles. The molecule has 0 aliphatic carbocycles. The Hall–Kier alpha value is -3.53. The van der Waals surface area contributed by atoms with Crippen molar-refractivity contribution in [1.29, 1.82) is 0 Å². The van der Waals surface area contributed by atoms with Gasteiger partial charge in [-0.15, -0.1) is 0 Å². The van der Waals surface area contributed by atoms with E-state index in [0.29, 0.717) is 30.9 Å². The van der Waals surface area contributed by atoms with Gasteiger partial charge in [-0.2, -0.15) is 0 Å². The Labute approximate surface area is 206 Å². The van der Waals surface area contributed by atoms with Crippen LogP contribution in [0.15, 0.2) is 36.4 Å². The minimum atomic E-state index is -2.46. The Morgan fingerprint density at radius 1 is 1.03 bits per heavy atom. The van der Waals surface area contributed by atoms with Gasteiger partial charge in [0.25, 0.3) is 12.3 Å². The molecule has 3 amide bonds. The van der Waals surface area contributed by atoms with Crippen molar-refractivity contribution >= 4 is 23.4 Å². The molecule has 2 saturated heterocycles. The Morgan fingerprint density at radius 3 is 2.58 bits per heavy atom. The largest absolute Gasteiger partial charge is 0.489 e. The predicted molar refractivity (Wildman–Crippen MR) is 126 cm³/mol. The maximum atomic E-state index is 13.1. The third-order valence-corrected chi connectivity index (χ3v) is 7.58. The molecule has 188 valence electrons. The quantitative estimate of drug-likeness (QED) is 0.655. The molecule has 6 rings (SSSR count). The van der Waals surface area contributed by atoms with E-state index >= 15 is 0 Å². The van der Waals surface area contributed by atoms with Gasteiger partial charge in [-0.05, 0) is 24.1 Å². The number of piperazine rings is 1. The molecule has 0 unspecified atom stereocenters. The molecule has 0 saturated carbocycles. The highest BCUT2D eigenvalue weighted by Crippen LogP contribution is 2.43. The van der Waals surface area contributed by atoms with Crippen LogP contribution in [0.5, 0.6) is 5.75 Å². The summed E-state index contributed by atoms with van der Waals surface area (Å²) in [5.41, 5.74) is 3.31. The number of piperidine rings is 1. The predicted octanol–water partition coefficient (Wildman–Crippen LogP) is 2.47. The Kier molecular flexibility index (Phi) is 5.63. The van der Waals surface area contributed by atoms with E-state index in [0.717, 1.165) is 36.4 Å². The first-order valence-electron chi connectivity index (χ1n) is 12.2. The first kappa shape index (κ1) is 22.9. The monoisotopic (exact) mass is 496 g/mol. The van der Waals surface area contributed by atoms with Crippen LogP contribution in [-0.2, 0) is 22.7 Å². The maximum Gasteiger partial charge on any atom is 0.263 e. The van der Waals surface area contributed by atoms with E-state index in [9.17, 15) is 23.2 Å². The minimum Gasteiger partial charge on any atom is -0.489 e. The number of carbonyl (C=O) groups is 3. The zero-order valence-corrected chi connectivity index (χ0v) is 19.6. The molecular weight excluding hydrogens is 470 g/mol. The van der Waals surface area contributed by atoms with E-state index in [2.05, 4.69) is 15.1 Å². The molecule has 0 spiro atoms. The number of nitrogens with zero attached hydrogens (tertiary/aromatic N) is 3. The second-order valence-corrected chi connectivity index (χ2v) is 9.78. The number of alkyl halides is 2. The topological polar surface area (TPSA) is 82.2 Å². The maximum absolute atomic E-state index is 13.1. The van der Waals surface area contributed by atoms with Crippen LogP contribution in [0.3, 0.4) is 0 Å². The zero-order chi connectivity index (χ0) is 25.0. The summed E-state index contributed by atoms with van der Waals surface area (Å²) in [4.78, 5) is 43.2. The normalized spacial score (nSPS) is 23.8. The Balaban J connectivity index is 1.16. The number of ether oxygens (including phenoxy) is 1. The van der Waals surface area contributed by atoms with Gasteiger partial charge in [0, 0.05) is 49.3 Å². The van der Waals surface area contributed by atoms with Crippen LogP contribution in [0.2, 0.25) is 0 Å². The number of rotatable bonds is 4. The van der Waals surface area contributed by atoms with E-state index in [4.69, 9.17) is 4.74 Å². The van der Waals surface area contributed by atoms with Gasteiger partial charge < -0.3 is 14.5 Å². The number of hydrogen-bond acceptors (Lipinski definition) is 6. The fourth-order valence-electron chi connectivity index (χ4n) is 5.72. The summed E-state index contributed by atoms with van der Waals surface area (Å²) in [6.07, 6.45) is -1.93. The lowest BCUT2D eigenvalue weighted by atomic mass is 10.0. The number of anilines is 1. The SMILES string of the molecule is O=C1CC[C@H](N2Cc3c(ccc4c3OC[C@@H]3CN(Cc5ccc(C(F)F)cc5)CCN43)C2=O)C(=O)N1. The lowest BCUT2D eigenvalue weighted by Gasteiger charge is -2.46. The molecule has 4 heterocycles. The first-order valence-corrected chi connectivity index (χ1v) is 12.2. The van der Waals surface area contributed by atoms with Gasteiger partial charge in [-0.25, -0.2) is 8.78 Å². The van der Waals surface area contributed by atoms with Crippen molar-refractivity contribution in [3.63, 3.8) is 0 Å². The second-order valence-electron chi connectivity index (χ2n) is 9.78. The molecule has 36 heavy (non-hydrogen) atoms. The molecule has 0 radical (unpaired) electrons. The molecule has 8 nitrogen and oxygen atoms in total. The third kappa shape index (κ3) is 3.89. The lowest BCUT2D eigenvalue weighted by molar-refractivity contribution is -0.136. The number of fused-ring (bicyclic) bond motifs is 5. The average molecular weight is 497 g/mol. The summed E-state index contributed by atoms with van der Waals surface area (Å²) in [5.74, 6) is -0.252. The number of benzene rings is 2. The highest BCUT2D eigenvalue weighted by atomic mass is 19.3. The minimum absolute atomic E-state index is 0.0306. The van der Waals surface area contributed by atoms with E-state index < -0.39 is 18.4 Å². The van der Waals surface area contributed by atoms with E-state index in [1.165, 1.54) is 12.1 Å². The van der Waals surface area contributed by atoms with Gasteiger partial charge in [0.2, 0.25) is 11.8 Å². The van der Waals surface area contributed by atoms with Crippen LogP contribution < -0.4 is 15.0 Å². The molecular formula is C26H26F2N4O4. The number of imide groups is 1. The van der Waals surface area contributed by atoms with Crippen LogP contribution >= 0.6 is 0 Å². The zero-order valence-electron chi connectivity index (χ0n) is 19.6. The van der Waals surface area contributed by atoms with Crippen molar-refractivity contribution in [2.45, 2.75) is 44.4 Å². The number of carbonyl (C=O) groups excluding carboxylic acids is 3. The van der Waals surface area contributed by atoms with Gasteiger partial charge in [0.1, 0.15) is 18.4 Å². The highest BCUT2D eigenvalue weighted by molar-refractivity contribution is 6.06. The van der Waals surface area contributed by atoms with Gasteiger partial charge in [-0.1, -0.05) is 24.3 Å². The van der Waals surface area contributed by atoms with E-state index in [1.54, 1.807) is 17.0 Å². The van der Waals surface area contributed by atoms with Crippen molar-refractivity contribution in [2.24, 2.45) is 0 Å². The average Bonchev–Trinajstić information content (AvgIpc) is 3.20. The van der Waals surface area contributed by atoms with Gasteiger partial charge in [0.15, 0.2) is 0 Å². The van der Waals surface area contributed by atoms with Gasteiger partial charge in [-0.3, -0.25) is 24.6 Å². The van der Waals surface area contributed by atoms with Crippen LogP contribution in [0.25, 0.3) is 0 Å². The number of amides is 3. The highest BCUT2D eigenvalue weighted by Gasteiger charge is 2.42. The standard InChI is InChI=1S/C26H26F2N4O4/c27-24(28)16-3-1-15(2-4-16)11-30-9-10-31-17(12-30)14-36-23-19-13-32(21-7-8-22(33)29-25(21)34)26(35)18(19)5-6-20(23)31/h1-6,17,21,24H,7-14H2,(H,29,33,34)/t17-,21-/m0/s1. The summed E-state index contributed by atoms with van der Waals surface area (Å²) in [6.45, 7) is 3.79. The Morgan fingerprint density at radius 2 is 1.83 bits per heavy atom. The third-order valence-electron chi connectivity index (χ3n) is 7.58. The number of nitrogens with one attached hydrogen (secondary N) is 1. The van der Waals surface area contributed by atoms with Crippen LogP contribution in [-0.4, -0.2) is 65.8 Å². The van der Waals surface area contributed by atoms with Crippen molar-refractivity contribution in [3.8, 4) is 5.75 Å². The summed E-state index contributed by atoms with van der Waals surface area (Å²) < 4.78 is 31.9. The van der Waals surface area contributed by atoms with Crippen LogP contribution in [0.4, 0.5) is 14.5 Å². The molecule has 2 aromatic carbocycles. The summed E-state index contributed by atoms with van der Waals surface area (Å²) in [7, 11) is 0. The summed E-state index contributed by atoms with van der Waals surface area (Å²) >= 11 is 0. The van der Waals surface area contributed by atoms with Crippen molar-refractivity contribution in [3.05, 3.63) is 58.7 Å². The van der Waals surface area contributed by atoms with Crippen molar-refractivity contribution in [2.75, 3.05) is 31.1 Å². The van der Waals surface area contributed by atoms with Gasteiger partial charge in [0.05, 0.1) is 18.3 Å². The smallest absolute Gasteiger partial charge is 0.263 e. The number of halogens is 2. The van der Waals surface area contributed by atoms with Crippen molar-refractivity contribution < 1.29 is 27.9 Å². The fraction of sp³-hybridized carbons (Fsp3) is 0.423. The van der Waals surface area contributed by atoms with Crippen LogP contribution in [0.1, 0.15) is 46.3 Å². The molecule has 2 aromatic rings. The van der Waals surface area contributed by atoms with E-state index in [1.807, 2.05) is 12.1 Å². The molecule has 10 heteroatoms. The fourth-order valence-corrected chi connectivity index (χ4v) is 5.72. The first-order chi connectivity index (χ1) is 17.4. The molecule has 2 atom stereocenters. The second kappa shape index (κ2) is 8.85. The molecule has 0 bridgehead atoms. The molecule has 2 fully saturated rings. The summed E-state index contributed by atoms with van der Waals surface area (Å²) in [5, 5.41) is 2.33. The molecule has 0 aromatic heterocycles. The lowest BCUT2D eigenvalue weighted by Crippen LogP contribution is -2.57. The van der Waals surface area contributed by atoms with Crippen LogP contribution in [0, 0.1) is 0 Å². The number of hydrogen-bond donors (Lipinski definition) is 1. The van der Waals surface area contributed by atoms with Gasteiger partial charge >= 0.3 is 0 Å². The molecule has 1 N–H and O–H groups in total. The van der Waals surface area contributed by atoms with Crippen molar-refractivity contribution in [1.82, 2.24) is 15.1 Å². The Bertz CT molecular complexity index is 1240.